The lowest BCUT2D eigenvalue weighted by Crippen LogP contribution is -2.10. The summed E-state index contributed by atoms with van der Waals surface area (Å²) in [5.74, 6) is -0.618. The average Bonchev–Trinajstić information content (AvgIpc) is 2.85. The van der Waals surface area contributed by atoms with E-state index in [4.69, 9.17) is 0 Å². The first-order valence-electron chi connectivity index (χ1n) is 6.78. The number of carboxylic acids is 1. The predicted molar refractivity (Wildman–Crippen MR) is 84.9 cm³/mol. The zero-order chi connectivity index (χ0) is 15.7. The molecule has 0 aliphatic rings. The molecule has 0 radical (unpaired) electrons. The van der Waals surface area contributed by atoms with Crippen LogP contribution in [-0.4, -0.2) is 21.6 Å². The van der Waals surface area contributed by atoms with Gasteiger partial charge in [-0.25, -0.2) is 4.79 Å². The number of nitrogens with one attached hydrogen (secondary N) is 1. The number of aromatic carboxylic acids is 1. The monoisotopic (exact) mass is 294 g/mol. The standard InChI is InChI=1S/C17H14N2O3/c1-11(20)19-15-9-5-2-6-12(15)10-16(19)18-14-8-4-3-7-13(14)17(21)22/h2-10,18H,1H3,(H,21,22). The van der Waals surface area contributed by atoms with Gasteiger partial charge in [0.05, 0.1) is 16.8 Å². The Bertz CT molecular complexity index is 880. The molecular formula is C17H14N2O3. The molecular weight excluding hydrogens is 280 g/mol. The van der Waals surface area contributed by atoms with E-state index in [1.54, 1.807) is 18.2 Å². The highest BCUT2D eigenvalue weighted by Gasteiger charge is 2.15. The molecule has 3 aromatic rings. The number of carbonyl (C=O) groups is 2. The molecule has 0 unspecified atom stereocenters. The van der Waals surface area contributed by atoms with Gasteiger partial charge in [-0.05, 0) is 24.3 Å². The van der Waals surface area contributed by atoms with Crippen molar-refractivity contribution in [2.75, 3.05) is 5.32 Å². The van der Waals surface area contributed by atoms with Gasteiger partial charge >= 0.3 is 5.97 Å². The molecule has 2 aromatic carbocycles. The summed E-state index contributed by atoms with van der Waals surface area (Å²) in [7, 11) is 0. The number of hydrogen-bond donors (Lipinski definition) is 2. The Morgan fingerprint density at radius 1 is 1.05 bits per heavy atom. The van der Waals surface area contributed by atoms with Gasteiger partial charge in [-0.2, -0.15) is 0 Å². The maximum Gasteiger partial charge on any atom is 0.337 e. The van der Waals surface area contributed by atoms with Gasteiger partial charge in [0, 0.05) is 12.3 Å². The number of anilines is 2. The van der Waals surface area contributed by atoms with Crippen LogP contribution in [0.25, 0.3) is 10.9 Å². The third-order valence-electron chi connectivity index (χ3n) is 3.45. The van der Waals surface area contributed by atoms with Gasteiger partial charge in [0.1, 0.15) is 5.82 Å². The zero-order valence-electron chi connectivity index (χ0n) is 11.9. The number of hydrogen-bond acceptors (Lipinski definition) is 3. The summed E-state index contributed by atoms with van der Waals surface area (Å²) in [4.78, 5) is 23.2. The number of rotatable bonds is 3. The van der Waals surface area contributed by atoms with E-state index in [-0.39, 0.29) is 11.5 Å². The third-order valence-corrected chi connectivity index (χ3v) is 3.45. The van der Waals surface area contributed by atoms with Crippen LogP contribution in [0.5, 0.6) is 0 Å². The Balaban J connectivity index is 2.14. The van der Waals surface area contributed by atoms with Crippen molar-refractivity contribution in [3.63, 3.8) is 0 Å². The molecule has 0 saturated heterocycles. The number of aromatic nitrogens is 1. The van der Waals surface area contributed by atoms with Gasteiger partial charge in [0.2, 0.25) is 5.91 Å². The van der Waals surface area contributed by atoms with Crippen molar-refractivity contribution in [1.82, 2.24) is 4.57 Å². The highest BCUT2D eigenvalue weighted by Crippen LogP contribution is 2.27. The van der Waals surface area contributed by atoms with Crippen molar-refractivity contribution in [3.05, 3.63) is 60.2 Å². The van der Waals surface area contributed by atoms with Gasteiger partial charge in [0.15, 0.2) is 0 Å². The summed E-state index contributed by atoms with van der Waals surface area (Å²) >= 11 is 0. The molecule has 2 N–H and O–H groups in total. The molecule has 0 saturated carbocycles. The number of carboxylic acid groups (broad SMARTS) is 1. The number of para-hydroxylation sites is 2. The van der Waals surface area contributed by atoms with E-state index in [9.17, 15) is 14.7 Å². The molecule has 0 aliphatic heterocycles. The predicted octanol–water partition coefficient (Wildman–Crippen LogP) is 3.74. The summed E-state index contributed by atoms with van der Waals surface area (Å²) in [6, 6.07) is 15.9. The van der Waals surface area contributed by atoms with E-state index in [0.717, 1.165) is 10.9 Å². The van der Waals surface area contributed by atoms with E-state index in [2.05, 4.69) is 5.32 Å². The number of benzene rings is 2. The van der Waals surface area contributed by atoms with Crippen LogP contribution < -0.4 is 5.32 Å². The Hall–Kier alpha value is -3.08. The van der Waals surface area contributed by atoms with E-state index in [1.807, 2.05) is 30.3 Å². The van der Waals surface area contributed by atoms with Gasteiger partial charge in [-0.1, -0.05) is 30.3 Å². The molecule has 0 aliphatic carbocycles. The number of carbonyl (C=O) groups excluding carboxylic acids is 1. The molecule has 3 rings (SSSR count). The van der Waals surface area contributed by atoms with E-state index in [1.165, 1.54) is 17.6 Å². The van der Waals surface area contributed by atoms with Gasteiger partial charge in [-0.3, -0.25) is 9.36 Å². The third kappa shape index (κ3) is 2.33. The van der Waals surface area contributed by atoms with Crippen LogP contribution in [0.1, 0.15) is 22.1 Å². The molecule has 0 spiro atoms. The van der Waals surface area contributed by atoms with Gasteiger partial charge < -0.3 is 10.4 Å². The van der Waals surface area contributed by atoms with Crippen LogP contribution in [-0.2, 0) is 0 Å². The fourth-order valence-corrected chi connectivity index (χ4v) is 2.50. The van der Waals surface area contributed by atoms with Crippen molar-refractivity contribution >= 4 is 34.3 Å². The van der Waals surface area contributed by atoms with Gasteiger partial charge in [0.25, 0.3) is 0 Å². The van der Waals surface area contributed by atoms with Crippen LogP contribution in [0.4, 0.5) is 11.5 Å². The zero-order valence-corrected chi connectivity index (χ0v) is 11.9. The second-order valence-electron chi connectivity index (χ2n) is 4.92. The first-order chi connectivity index (χ1) is 10.6. The molecule has 0 bridgehead atoms. The molecule has 5 nitrogen and oxygen atoms in total. The second-order valence-corrected chi connectivity index (χ2v) is 4.92. The van der Waals surface area contributed by atoms with Crippen molar-refractivity contribution < 1.29 is 14.7 Å². The van der Waals surface area contributed by atoms with Crippen LogP contribution in [0, 0.1) is 0 Å². The molecule has 0 amide bonds. The van der Waals surface area contributed by atoms with Crippen molar-refractivity contribution in [2.45, 2.75) is 6.92 Å². The van der Waals surface area contributed by atoms with Crippen LogP contribution in [0.2, 0.25) is 0 Å². The first kappa shape index (κ1) is 13.9. The minimum atomic E-state index is -1.02. The maximum atomic E-state index is 12.0. The first-order valence-corrected chi connectivity index (χ1v) is 6.78. The lowest BCUT2D eigenvalue weighted by molar-refractivity contribution is 0.0697. The summed E-state index contributed by atoms with van der Waals surface area (Å²) < 4.78 is 1.54. The summed E-state index contributed by atoms with van der Waals surface area (Å²) in [5.41, 5.74) is 1.38. The Kier molecular flexibility index (Phi) is 3.39. The SMILES string of the molecule is CC(=O)n1c(Nc2ccccc2C(=O)O)cc2ccccc21. The van der Waals surface area contributed by atoms with Crippen LogP contribution in [0.3, 0.4) is 0 Å². The second kappa shape index (κ2) is 5.37. The summed E-state index contributed by atoms with van der Waals surface area (Å²) in [6.07, 6.45) is 0. The van der Waals surface area contributed by atoms with E-state index >= 15 is 0 Å². The normalized spacial score (nSPS) is 10.6. The topological polar surface area (TPSA) is 71.3 Å². The van der Waals surface area contributed by atoms with Crippen molar-refractivity contribution in [1.29, 1.82) is 0 Å². The average molecular weight is 294 g/mol. The fraction of sp³-hybridized carbons (Fsp3) is 0.0588. The fourth-order valence-electron chi connectivity index (χ4n) is 2.50. The largest absolute Gasteiger partial charge is 0.478 e. The molecule has 110 valence electrons. The number of fused-ring (bicyclic) bond motifs is 1. The van der Waals surface area contributed by atoms with Crippen molar-refractivity contribution in [3.8, 4) is 0 Å². The smallest absolute Gasteiger partial charge is 0.337 e. The Morgan fingerprint density at radius 2 is 1.73 bits per heavy atom. The molecule has 0 atom stereocenters. The van der Waals surface area contributed by atoms with E-state index in [0.29, 0.717) is 11.5 Å². The Labute approximate surface area is 126 Å². The van der Waals surface area contributed by atoms with E-state index < -0.39 is 5.97 Å². The highest BCUT2D eigenvalue weighted by atomic mass is 16.4. The molecule has 0 fully saturated rings. The van der Waals surface area contributed by atoms with Crippen LogP contribution in [0.15, 0.2) is 54.6 Å². The summed E-state index contributed by atoms with van der Waals surface area (Å²) in [5, 5.41) is 13.2. The maximum absolute atomic E-state index is 12.0. The lowest BCUT2D eigenvalue weighted by Gasteiger charge is -2.11. The highest BCUT2D eigenvalue weighted by molar-refractivity contribution is 5.99. The minimum Gasteiger partial charge on any atom is -0.478 e. The van der Waals surface area contributed by atoms with Gasteiger partial charge in [-0.15, -0.1) is 0 Å². The quantitative estimate of drug-likeness (QED) is 0.772. The minimum absolute atomic E-state index is 0.142. The van der Waals surface area contributed by atoms with Crippen LogP contribution >= 0.6 is 0 Å². The summed E-state index contributed by atoms with van der Waals surface area (Å²) in [6.45, 7) is 1.47. The molecule has 5 heteroatoms. The lowest BCUT2D eigenvalue weighted by atomic mass is 10.2. The molecule has 1 aromatic heterocycles. The number of nitrogens with zero attached hydrogens (tertiary/aromatic N) is 1. The molecule has 1 heterocycles. The Morgan fingerprint density at radius 3 is 2.45 bits per heavy atom. The molecule has 22 heavy (non-hydrogen) atoms. The van der Waals surface area contributed by atoms with Crippen molar-refractivity contribution in [2.24, 2.45) is 0 Å².